The lowest BCUT2D eigenvalue weighted by Gasteiger charge is -2.21. The van der Waals surface area contributed by atoms with Crippen molar-refractivity contribution in [1.82, 2.24) is 19.6 Å². The number of hydrogen-bond acceptors (Lipinski definition) is 4. The van der Waals surface area contributed by atoms with Gasteiger partial charge in [-0.05, 0) is 20.3 Å². The van der Waals surface area contributed by atoms with Gasteiger partial charge in [-0.15, -0.1) is 11.6 Å². The minimum absolute atomic E-state index is 0.259. The van der Waals surface area contributed by atoms with E-state index in [-0.39, 0.29) is 5.69 Å². The van der Waals surface area contributed by atoms with Crippen molar-refractivity contribution in [3.63, 3.8) is 0 Å². The van der Waals surface area contributed by atoms with Crippen LogP contribution >= 0.6 is 11.6 Å². The third-order valence-electron chi connectivity index (χ3n) is 2.82. The zero-order chi connectivity index (χ0) is 13.1. The van der Waals surface area contributed by atoms with Gasteiger partial charge in [0.1, 0.15) is 11.6 Å². The van der Waals surface area contributed by atoms with Crippen molar-refractivity contribution in [1.29, 1.82) is 0 Å². The molecule has 2 heterocycles. The van der Waals surface area contributed by atoms with Crippen molar-refractivity contribution in [3.05, 3.63) is 22.4 Å². The lowest BCUT2D eigenvalue weighted by atomic mass is 10.4. The largest absolute Gasteiger partial charge is 0.357 e. The molecule has 6 nitrogen and oxygen atoms in total. The van der Waals surface area contributed by atoms with Crippen LogP contribution in [0.25, 0.3) is 5.65 Å². The van der Waals surface area contributed by atoms with Gasteiger partial charge in [-0.2, -0.15) is 5.10 Å². The maximum Gasteiger partial charge on any atom is 0.349 e. The normalized spacial score (nSPS) is 11.1. The summed E-state index contributed by atoms with van der Waals surface area (Å²) < 4.78 is 1.46. The van der Waals surface area contributed by atoms with Crippen LogP contribution < -0.4 is 10.6 Å². The number of nitrogens with zero attached hydrogens (tertiary/aromatic N) is 4. The van der Waals surface area contributed by atoms with Gasteiger partial charge in [0.05, 0.1) is 0 Å². The SMILES string of the molecule is CCN(CCCCl)c1cc2n[nH]c(=O)n2c(C)n1. The molecular formula is C11H16ClN5O. The summed E-state index contributed by atoms with van der Waals surface area (Å²) in [5, 5.41) is 6.39. The molecule has 2 aromatic heterocycles. The molecule has 0 bridgehead atoms. The first-order valence-electron chi connectivity index (χ1n) is 5.93. The number of halogens is 1. The fourth-order valence-corrected chi connectivity index (χ4v) is 2.05. The van der Waals surface area contributed by atoms with Gasteiger partial charge in [-0.1, -0.05) is 0 Å². The fourth-order valence-electron chi connectivity index (χ4n) is 1.93. The lowest BCUT2D eigenvalue weighted by Crippen LogP contribution is -2.26. The summed E-state index contributed by atoms with van der Waals surface area (Å²) in [7, 11) is 0. The standard InChI is InChI=1S/C11H16ClN5O/c1-3-16(6-4-5-12)9-7-10-14-15-11(18)17(10)8(2)13-9/h7H,3-6H2,1-2H3,(H,15,18). The molecule has 0 amide bonds. The van der Waals surface area contributed by atoms with E-state index in [0.717, 1.165) is 25.3 Å². The number of fused-ring (bicyclic) bond motifs is 1. The second-order valence-electron chi connectivity index (χ2n) is 4.01. The maximum atomic E-state index is 11.5. The molecule has 0 aliphatic carbocycles. The Labute approximate surface area is 110 Å². The molecule has 1 N–H and O–H groups in total. The van der Waals surface area contributed by atoms with Crippen LogP contribution in [0.3, 0.4) is 0 Å². The molecular weight excluding hydrogens is 254 g/mol. The Morgan fingerprint density at radius 3 is 3.00 bits per heavy atom. The lowest BCUT2D eigenvalue weighted by molar-refractivity contribution is 0.772. The maximum absolute atomic E-state index is 11.5. The summed E-state index contributed by atoms with van der Waals surface area (Å²) in [6, 6.07) is 1.81. The van der Waals surface area contributed by atoms with Gasteiger partial charge >= 0.3 is 5.69 Å². The molecule has 0 aliphatic heterocycles. The predicted octanol–water partition coefficient (Wildman–Crippen LogP) is 1.18. The zero-order valence-corrected chi connectivity index (χ0v) is 11.2. The van der Waals surface area contributed by atoms with E-state index in [2.05, 4.69) is 27.0 Å². The molecule has 2 rings (SSSR count). The number of anilines is 1. The first-order chi connectivity index (χ1) is 8.67. The van der Waals surface area contributed by atoms with Gasteiger partial charge in [0, 0.05) is 25.0 Å². The summed E-state index contributed by atoms with van der Waals surface area (Å²) in [4.78, 5) is 18.1. The Kier molecular flexibility index (Phi) is 3.86. The summed E-state index contributed by atoms with van der Waals surface area (Å²) in [5.41, 5.74) is 0.331. The van der Waals surface area contributed by atoms with Gasteiger partial charge in [0.25, 0.3) is 0 Å². The van der Waals surface area contributed by atoms with Crippen LogP contribution in [0.1, 0.15) is 19.2 Å². The number of hydrogen-bond donors (Lipinski definition) is 1. The van der Waals surface area contributed by atoms with Crippen molar-refractivity contribution in [2.24, 2.45) is 0 Å². The number of aryl methyl sites for hydroxylation is 1. The van der Waals surface area contributed by atoms with Crippen molar-refractivity contribution >= 4 is 23.1 Å². The third-order valence-corrected chi connectivity index (χ3v) is 3.09. The molecule has 0 unspecified atom stereocenters. The highest BCUT2D eigenvalue weighted by atomic mass is 35.5. The third kappa shape index (κ3) is 2.33. The molecule has 0 aromatic carbocycles. The Hall–Kier alpha value is -1.56. The predicted molar refractivity (Wildman–Crippen MR) is 71.6 cm³/mol. The molecule has 0 atom stereocenters. The van der Waals surface area contributed by atoms with E-state index in [1.54, 1.807) is 6.92 Å². The summed E-state index contributed by atoms with van der Waals surface area (Å²) in [5.74, 6) is 2.08. The number of H-pyrrole nitrogens is 1. The first kappa shape index (κ1) is 12.9. The average molecular weight is 270 g/mol. The Morgan fingerprint density at radius 2 is 2.33 bits per heavy atom. The molecule has 0 fully saturated rings. The minimum Gasteiger partial charge on any atom is -0.357 e. The number of alkyl halides is 1. The number of nitrogens with one attached hydrogen (secondary N) is 1. The highest BCUT2D eigenvalue weighted by molar-refractivity contribution is 6.17. The summed E-state index contributed by atoms with van der Waals surface area (Å²) in [6.07, 6.45) is 0.897. The summed E-state index contributed by atoms with van der Waals surface area (Å²) in [6.45, 7) is 5.54. The van der Waals surface area contributed by atoms with Crippen LogP contribution in [-0.2, 0) is 0 Å². The van der Waals surface area contributed by atoms with Crippen molar-refractivity contribution in [2.75, 3.05) is 23.9 Å². The van der Waals surface area contributed by atoms with E-state index in [0.29, 0.717) is 17.4 Å². The van der Waals surface area contributed by atoms with Crippen LogP contribution in [0.2, 0.25) is 0 Å². The quantitative estimate of drug-likeness (QED) is 0.828. The highest BCUT2D eigenvalue weighted by Crippen LogP contribution is 2.14. The number of aromatic nitrogens is 4. The van der Waals surface area contributed by atoms with E-state index >= 15 is 0 Å². The Morgan fingerprint density at radius 1 is 1.56 bits per heavy atom. The van der Waals surface area contributed by atoms with Crippen LogP contribution in [0.4, 0.5) is 5.82 Å². The molecule has 7 heteroatoms. The van der Waals surface area contributed by atoms with Crippen molar-refractivity contribution < 1.29 is 0 Å². The molecule has 98 valence electrons. The smallest absolute Gasteiger partial charge is 0.349 e. The van der Waals surface area contributed by atoms with E-state index in [1.165, 1.54) is 4.40 Å². The van der Waals surface area contributed by atoms with Gasteiger partial charge in [-0.25, -0.2) is 19.3 Å². The topological polar surface area (TPSA) is 66.3 Å². The van der Waals surface area contributed by atoms with Crippen LogP contribution in [-0.4, -0.2) is 38.6 Å². The Bertz CT molecular complexity index is 591. The molecule has 0 spiro atoms. The van der Waals surface area contributed by atoms with Gasteiger partial charge in [0.15, 0.2) is 5.65 Å². The number of aromatic amines is 1. The van der Waals surface area contributed by atoms with Crippen molar-refractivity contribution in [2.45, 2.75) is 20.3 Å². The van der Waals surface area contributed by atoms with Gasteiger partial charge < -0.3 is 4.90 Å². The molecule has 18 heavy (non-hydrogen) atoms. The van der Waals surface area contributed by atoms with E-state index in [4.69, 9.17) is 11.6 Å². The van der Waals surface area contributed by atoms with Gasteiger partial charge in [0.2, 0.25) is 0 Å². The minimum atomic E-state index is -0.259. The second kappa shape index (κ2) is 5.39. The van der Waals surface area contributed by atoms with E-state index < -0.39 is 0 Å². The summed E-state index contributed by atoms with van der Waals surface area (Å²) >= 11 is 5.71. The highest BCUT2D eigenvalue weighted by Gasteiger charge is 2.11. The van der Waals surface area contributed by atoms with Gasteiger partial charge in [-0.3, -0.25) is 0 Å². The second-order valence-corrected chi connectivity index (χ2v) is 4.38. The monoisotopic (exact) mass is 269 g/mol. The fraction of sp³-hybridized carbons (Fsp3) is 0.545. The molecule has 0 saturated heterocycles. The van der Waals surface area contributed by atoms with Crippen molar-refractivity contribution in [3.8, 4) is 0 Å². The van der Waals surface area contributed by atoms with Crippen LogP contribution in [0.15, 0.2) is 10.9 Å². The van der Waals surface area contributed by atoms with E-state index in [1.807, 2.05) is 6.07 Å². The molecule has 0 radical (unpaired) electrons. The van der Waals surface area contributed by atoms with Crippen LogP contribution in [0, 0.1) is 6.92 Å². The average Bonchev–Trinajstić information content (AvgIpc) is 2.72. The first-order valence-corrected chi connectivity index (χ1v) is 6.46. The Balaban J connectivity index is 2.41. The molecule has 0 aliphatic rings. The molecule has 2 aromatic rings. The van der Waals surface area contributed by atoms with E-state index in [9.17, 15) is 4.79 Å². The zero-order valence-electron chi connectivity index (χ0n) is 10.5. The van der Waals surface area contributed by atoms with Crippen LogP contribution in [0.5, 0.6) is 0 Å². The molecule has 0 saturated carbocycles. The number of rotatable bonds is 5.